The van der Waals surface area contributed by atoms with Crippen molar-refractivity contribution in [3.8, 4) is 0 Å². The number of likely N-dealkylation sites (N-methyl/N-ethyl adjacent to an activating group) is 1. The molecule has 0 saturated carbocycles. The Labute approximate surface area is 98.1 Å². The van der Waals surface area contributed by atoms with Crippen LogP contribution in [0.25, 0.3) is 0 Å². The summed E-state index contributed by atoms with van der Waals surface area (Å²) in [4.78, 5) is 2.27. The number of hydrogen-bond donors (Lipinski definition) is 1. The smallest absolute Gasteiger partial charge is 0.118 e. The van der Waals surface area contributed by atoms with Gasteiger partial charge in [-0.05, 0) is 33.0 Å². The van der Waals surface area contributed by atoms with E-state index in [1.807, 2.05) is 25.1 Å². The lowest BCUT2D eigenvalue weighted by molar-refractivity contribution is 0.225. The van der Waals surface area contributed by atoms with E-state index in [4.69, 9.17) is 4.42 Å². The Bertz CT molecular complexity index is 319. The third-order valence-electron chi connectivity index (χ3n) is 2.68. The zero-order chi connectivity index (χ0) is 12.0. The van der Waals surface area contributed by atoms with Crippen LogP contribution in [-0.4, -0.2) is 31.1 Å². The number of rotatable bonds is 7. The summed E-state index contributed by atoms with van der Waals surface area (Å²) in [6.45, 7) is 10.5. The van der Waals surface area contributed by atoms with E-state index < -0.39 is 0 Å². The lowest BCUT2D eigenvalue weighted by Crippen LogP contribution is -2.37. The largest absolute Gasteiger partial charge is 0.465 e. The normalized spacial score (nSPS) is 13.0. The average molecular weight is 222 g/mol. The molecule has 0 aromatic carbocycles. The molecule has 0 radical (unpaired) electrons. The lowest BCUT2D eigenvalue weighted by atomic mass is 10.3. The topological polar surface area (TPSA) is 28.4 Å². The van der Waals surface area contributed by atoms with Crippen molar-refractivity contribution in [2.45, 2.75) is 26.4 Å². The Morgan fingerprint density at radius 1 is 1.56 bits per heavy atom. The van der Waals surface area contributed by atoms with Gasteiger partial charge in [0.1, 0.15) is 11.5 Å². The highest BCUT2D eigenvalue weighted by molar-refractivity contribution is 5.05. The monoisotopic (exact) mass is 222 g/mol. The van der Waals surface area contributed by atoms with Gasteiger partial charge in [0.2, 0.25) is 0 Å². The van der Waals surface area contributed by atoms with Crippen LogP contribution in [0, 0.1) is 6.92 Å². The third kappa shape index (κ3) is 4.21. The number of hydrogen-bond acceptors (Lipinski definition) is 3. The minimum Gasteiger partial charge on any atom is -0.465 e. The summed E-state index contributed by atoms with van der Waals surface area (Å²) in [7, 11) is 2.11. The maximum atomic E-state index is 5.55. The van der Waals surface area contributed by atoms with Gasteiger partial charge in [0, 0.05) is 19.1 Å². The van der Waals surface area contributed by atoms with Crippen LogP contribution in [0.3, 0.4) is 0 Å². The molecule has 0 aliphatic carbocycles. The van der Waals surface area contributed by atoms with Crippen molar-refractivity contribution < 1.29 is 4.42 Å². The Morgan fingerprint density at radius 2 is 2.31 bits per heavy atom. The van der Waals surface area contributed by atoms with Crippen molar-refractivity contribution in [3.63, 3.8) is 0 Å². The average Bonchev–Trinajstić information content (AvgIpc) is 2.64. The second kappa shape index (κ2) is 6.51. The van der Waals surface area contributed by atoms with Crippen LogP contribution in [0.5, 0.6) is 0 Å². The Kier molecular flexibility index (Phi) is 5.29. The molecular weight excluding hydrogens is 200 g/mol. The van der Waals surface area contributed by atoms with Gasteiger partial charge in [0.05, 0.1) is 6.54 Å². The maximum absolute atomic E-state index is 5.55. The predicted molar refractivity (Wildman–Crippen MR) is 67.4 cm³/mol. The summed E-state index contributed by atoms with van der Waals surface area (Å²) >= 11 is 0. The van der Waals surface area contributed by atoms with Gasteiger partial charge in [-0.25, -0.2) is 0 Å². The summed E-state index contributed by atoms with van der Waals surface area (Å²) in [5.74, 6) is 2.00. The third-order valence-corrected chi connectivity index (χ3v) is 2.68. The first kappa shape index (κ1) is 13.0. The van der Waals surface area contributed by atoms with Gasteiger partial charge in [-0.3, -0.25) is 4.90 Å². The molecule has 1 rings (SSSR count). The number of nitrogens with one attached hydrogen (secondary N) is 1. The van der Waals surface area contributed by atoms with Gasteiger partial charge in [-0.2, -0.15) is 0 Å². The van der Waals surface area contributed by atoms with Crippen molar-refractivity contribution in [1.82, 2.24) is 10.2 Å². The highest BCUT2D eigenvalue weighted by atomic mass is 16.3. The molecule has 1 N–H and O–H groups in total. The molecule has 0 aliphatic rings. The fraction of sp³-hybridized carbons (Fsp3) is 0.538. The first-order chi connectivity index (χ1) is 7.63. The van der Waals surface area contributed by atoms with E-state index in [9.17, 15) is 0 Å². The van der Waals surface area contributed by atoms with Gasteiger partial charge < -0.3 is 9.73 Å². The Hall–Kier alpha value is -1.06. The van der Waals surface area contributed by atoms with E-state index in [0.717, 1.165) is 31.2 Å². The van der Waals surface area contributed by atoms with Crippen LogP contribution >= 0.6 is 0 Å². The fourth-order valence-electron chi connectivity index (χ4n) is 1.52. The van der Waals surface area contributed by atoms with Crippen molar-refractivity contribution in [3.05, 3.63) is 36.3 Å². The molecule has 1 aromatic heterocycles. The van der Waals surface area contributed by atoms with E-state index in [2.05, 4.69) is 30.8 Å². The molecule has 0 fully saturated rings. The molecule has 1 atom stereocenters. The van der Waals surface area contributed by atoms with Gasteiger partial charge in [0.15, 0.2) is 0 Å². The zero-order valence-corrected chi connectivity index (χ0v) is 10.5. The fourth-order valence-corrected chi connectivity index (χ4v) is 1.52. The highest BCUT2D eigenvalue weighted by Gasteiger charge is 2.10. The molecule has 1 aromatic rings. The minimum absolute atomic E-state index is 0.477. The summed E-state index contributed by atoms with van der Waals surface area (Å²) in [5, 5.41) is 3.32. The van der Waals surface area contributed by atoms with Crippen LogP contribution in [0.2, 0.25) is 0 Å². The highest BCUT2D eigenvalue weighted by Crippen LogP contribution is 2.09. The van der Waals surface area contributed by atoms with Crippen LogP contribution in [0.4, 0.5) is 0 Å². The molecule has 3 heteroatoms. The molecule has 90 valence electrons. The lowest BCUT2D eigenvalue weighted by Gasteiger charge is -2.23. The number of nitrogens with zero attached hydrogens (tertiary/aromatic N) is 1. The summed E-state index contributed by atoms with van der Waals surface area (Å²) < 4.78 is 5.55. The van der Waals surface area contributed by atoms with E-state index in [1.54, 1.807) is 0 Å². The van der Waals surface area contributed by atoms with Crippen LogP contribution in [0.1, 0.15) is 18.4 Å². The Balaban J connectivity index is 2.33. The number of furan rings is 1. The quantitative estimate of drug-likeness (QED) is 0.566. The first-order valence-corrected chi connectivity index (χ1v) is 5.70. The standard InChI is InChI=1S/C13H22N2O/c1-5-8-14-9-11(2)15(4)10-13-7-6-12(3)16-13/h5-7,11,14H,1,8-10H2,2-4H3. The molecule has 3 nitrogen and oxygen atoms in total. The van der Waals surface area contributed by atoms with E-state index in [-0.39, 0.29) is 0 Å². The Morgan fingerprint density at radius 3 is 2.88 bits per heavy atom. The molecular formula is C13H22N2O. The summed E-state index contributed by atoms with van der Waals surface area (Å²) in [6, 6.07) is 4.52. The molecule has 1 heterocycles. The molecule has 0 saturated heterocycles. The van der Waals surface area contributed by atoms with E-state index >= 15 is 0 Å². The molecule has 0 spiro atoms. The van der Waals surface area contributed by atoms with Crippen LogP contribution < -0.4 is 5.32 Å². The van der Waals surface area contributed by atoms with Crippen LogP contribution in [-0.2, 0) is 6.54 Å². The molecule has 0 bridgehead atoms. The van der Waals surface area contributed by atoms with Crippen LogP contribution in [0.15, 0.2) is 29.2 Å². The second-order valence-electron chi connectivity index (χ2n) is 4.22. The zero-order valence-electron chi connectivity index (χ0n) is 10.5. The molecule has 1 unspecified atom stereocenters. The maximum Gasteiger partial charge on any atom is 0.118 e. The van der Waals surface area contributed by atoms with Gasteiger partial charge in [-0.15, -0.1) is 6.58 Å². The summed E-state index contributed by atoms with van der Waals surface area (Å²) in [5.41, 5.74) is 0. The second-order valence-corrected chi connectivity index (χ2v) is 4.22. The van der Waals surface area contributed by atoms with Gasteiger partial charge in [0.25, 0.3) is 0 Å². The molecule has 0 amide bonds. The predicted octanol–water partition coefficient (Wildman–Crippen LogP) is 2.18. The molecule has 16 heavy (non-hydrogen) atoms. The van der Waals surface area contributed by atoms with Gasteiger partial charge in [-0.1, -0.05) is 6.08 Å². The van der Waals surface area contributed by atoms with E-state index in [0.29, 0.717) is 6.04 Å². The van der Waals surface area contributed by atoms with E-state index in [1.165, 1.54) is 0 Å². The molecule has 0 aliphatic heterocycles. The van der Waals surface area contributed by atoms with Gasteiger partial charge >= 0.3 is 0 Å². The van der Waals surface area contributed by atoms with Crippen molar-refractivity contribution in [2.75, 3.05) is 20.1 Å². The first-order valence-electron chi connectivity index (χ1n) is 5.70. The van der Waals surface area contributed by atoms with Crippen molar-refractivity contribution in [2.24, 2.45) is 0 Å². The SMILES string of the molecule is C=CCNCC(C)N(C)Cc1ccc(C)o1. The van der Waals surface area contributed by atoms with Crippen molar-refractivity contribution in [1.29, 1.82) is 0 Å². The van der Waals surface area contributed by atoms with Crippen molar-refractivity contribution >= 4 is 0 Å². The minimum atomic E-state index is 0.477. The summed E-state index contributed by atoms with van der Waals surface area (Å²) in [6.07, 6.45) is 1.88. The number of aryl methyl sites for hydroxylation is 1.